The Morgan fingerprint density at radius 3 is 2.25 bits per heavy atom. The lowest BCUT2D eigenvalue weighted by atomic mass is 9.92. The summed E-state index contributed by atoms with van der Waals surface area (Å²) in [5, 5.41) is 0. The Bertz CT molecular complexity index is 62.9. The van der Waals surface area contributed by atoms with Crippen molar-refractivity contribution >= 4 is 0 Å². The highest BCUT2D eigenvalue weighted by molar-refractivity contribution is 4.88. The zero-order chi connectivity index (χ0) is 5.98. The Balaban J connectivity index is 2.28. The highest BCUT2D eigenvalue weighted by Gasteiger charge is 2.10. The lowest BCUT2D eigenvalue weighted by Gasteiger charge is -2.31. The molecule has 3 N–H and O–H groups in total. The molecule has 0 saturated heterocycles. The highest BCUT2D eigenvalue weighted by atomic mass is 14.8. The molecule has 1 rings (SSSR count). The summed E-state index contributed by atoms with van der Waals surface area (Å²) in [5.74, 6) is 0. The van der Waals surface area contributed by atoms with Crippen molar-refractivity contribution in [1.82, 2.24) is 0 Å². The monoisotopic (exact) mass is 113 g/mol. The molecule has 0 heterocycles. The Labute approximate surface area is 50.2 Å². The highest BCUT2D eigenvalue weighted by Crippen LogP contribution is 2.18. The summed E-state index contributed by atoms with van der Waals surface area (Å²) in [5.41, 5.74) is 12.9. The van der Waals surface area contributed by atoms with E-state index in [2.05, 4.69) is 0 Å². The molecule has 0 aromatic carbocycles. The van der Waals surface area contributed by atoms with Gasteiger partial charge in [0.15, 0.2) is 0 Å². The third-order valence-electron chi connectivity index (χ3n) is 1.82. The Morgan fingerprint density at radius 2 is 1.88 bits per heavy atom. The maximum Gasteiger partial charge on any atom is -0.0123 e. The maximum atomic E-state index is 7.35. The van der Waals surface area contributed by atoms with Crippen LogP contribution < -0.4 is 5.73 Å². The summed E-state index contributed by atoms with van der Waals surface area (Å²) in [6.07, 6.45) is 4.52. The van der Waals surface area contributed by atoms with Crippen LogP contribution in [0.25, 0.3) is 5.73 Å². The van der Waals surface area contributed by atoms with Crippen LogP contribution in [0.5, 0.6) is 0 Å². The normalized spacial score (nSPS) is 39.8. The Morgan fingerprint density at radius 1 is 1.25 bits per heavy atom. The van der Waals surface area contributed by atoms with E-state index in [1.54, 1.807) is 0 Å². The number of hydrogen-bond donors (Lipinski definition) is 1. The predicted molar refractivity (Wildman–Crippen MR) is 34.6 cm³/mol. The van der Waals surface area contributed by atoms with Gasteiger partial charge in [0, 0.05) is 0 Å². The van der Waals surface area contributed by atoms with Crippen LogP contribution in [0.2, 0.25) is 0 Å². The minimum atomic E-state index is 0.0312. The minimum Gasteiger partial charge on any atom is -0.673 e. The molecule has 2 heteroatoms. The first kappa shape index (κ1) is 6.05. The fraction of sp³-hybridized carbons (Fsp3) is 1.00. The van der Waals surface area contributed by atoms with Gasteiger partial charge in [0.2, 0.25) is 0 Å². The third-order valence-corrected chi connectivity index (χ3v) is 1.82. The average molecular weight is 113 g/mol. The quantitative estimate of drug-likeness (QED) is 0.506. The molecule has 0 spiro atoms. The van der Waals surface area contributed by atoms with Crippen LogP contribution >= 0.6 is 0 Å². The number of nitrogens with one attached hydrogen (secondary N) is 1. The number of hydrogen-bond acceptors (Lipinski definition) is 1. The molecular weight excluding hydrogens is 100 g/mol. The molecule has 0 radical (unpaired) electrons. The summed E-state index contributed by atoms with van der Waals surface area (Å²) in [7, 11) is 0. The fourth-order valence-electron chi connectivity index (χ4n) is 1.16. The van der Waals surface area contributed by atoms with Gasteiger partial charge in [-0.2, -0.15) is 0 Å². The summed E-state index contributed by atoms with van der Waals surface area (Å²) < 4.78 is 0. The van der Waals surface area contributed by atoms with E-state index in [-0.39, 0.29) is 12.1 Å². The van der Waals surface area contributed by atoms with E-state index < -0.39 is 0 Å². The van der Waals surface area contributed by atoms with E-state index in [1.807, 2.05) is 0 Å². The van der Waals surface area contributed by atoms with Crippen LogP contribution in [-0.2, 0) is 0 Å². The minimum absolute atomic E-state index is 0.0312. The summed E-state index contributed by atoms with van der Waals surface area (Å²) >= 11 is 0. The molecule has 0 bridgehead atoms. The molecule has 1 fully saturated rings. The van der Waals surface area contributed by atoms with Gasteiger partial charge in [0.05, 0.1) is 0 Å². The predicted octanol–water partition coefficient (Wildman–Crippen LogP) is 1.31. The number of nitrogens with two attached hydrogens (primary N) is 1. The summed E-state index contributed by atoms with van der Waals surface area (Å²) in [6, 6.07) is 0.201. The van der Waals surface area contributed by atoms with Gasteiger partial charge in [-0.15, -0.1) is 6.04 Å². The standard InChI is InChI=1S/C6H13N2/c7-5-3-1-2-4-6(5)8/h5-7H,1-4,8H2/q-1. The zero-order valence-corrected chi connectivity index (χ0v) is 5.06. The van der Waals surface area contributed by atoms with E-state index >= 15 is 0 Å². The molecule has 1 aliphatic rings. The SMILES string of the molecule is [NH-]C1CCCCC1N. The molecule has 1 aliphatic carbocycles. The van der Waals surface area contributed by atoms with Crippen LogP contribution in [0.15, 0.2) is 0 Å². The molecule has 0 aromatic rings. The van der Waals surface area contributed by atoms with E-state index in [4.69, 9.17) is 11.5 Å². The second-order valence-electron chi connectivity index (χ2n) is 2.55. The summed E-state index contributed by atoms with van der Waals surface area (Å²) in [6.45, 7) is 0. The van der Waals surface area contributed by atoms with Crippen molar-refractivity contribution < 1.29 is 0 Å². The molecule has 0 aliphatic heterocycles. The van der Waals surface area contributed by atoms with Gasteiger partial charge >= 0.3 is 0 Å². The maximum absolute atomic E-state index is 7.35. The van der Waals surface area contributed by atoms with Crippen molar-refractivity contribution in [3.63, 3.8) is 0 Å². The van der Waals surface area contributed by atoms with Crippen LogP contribution in [0, 0.1) is 0 Å². The molecule has 2 atom stereocenters. The first-order valence-electron chi connectivity index (χ1n) is 3.27. The molecule has 8 heavy (non-hydrogen) atoms. The third kappa shape index (κ3) is 1.20. The lowest BCUT2D eigenvalue weighted by Crippen LogP contribution is -2.34. The van der Waals surface area contributed by atoms with Crippen LogP contribution in [-0.4, -0.2) is 12.1 Å². The molecule has 2 unspecified atom stereocenters. The van der Waals surface area contributed by atoms with Crippen LogP contribution in [0.3, 0.4) is 0 Å². The van der Waals surface area contributed by atoms with Crippen LogP contribution in [0.1, 0.15) is 25.7 Å². The summed E-state index contributed by atoms with van der Waals surface area (Å²) in [4.78, 5) is 0. The number of rotatable bonds is 0. The molecule has 0 amide bonds. The first-order valence-corrected chi connectivity index (χ1v) is 3.27. The van der Waals surface area contributed by atoms with Gasteiger partial charge in [-0.3, -0.25) is 0 Å². The average Bonchev–Trinajstić information content (AvgIpc) is 1.77. The van der Waals surface area contributed by atoms with Gasteiger partial charge in [-0.25, -0.2) is 0 Å². The van der Waals surface area contributed by atoms with Crippen molar-refractivity contribution in [2.45, 2.75) is 37.8 Å². The van der Waals surface area contributed by atoms with Crippen molar-refractivity contribution in [2.24, 2.45) is 5.73 Å². The molecule has 2 nitrogen and oxygen atoms in total. The van der Waals surface area contributed by atoms with Gasteiger partial charge in [0.1, 0.15) is 0 Å². The molecule has 48 valence electrons. The Hall–Kier alpha value is -0.0800. The van der Waals surface area contributed by atoms with Gasteiger partial charge in [-0.05, 0) is 12.5 Å². The molecule has 0 aromatic heterocycles. The van der Waals surface area contributed by atoms with E-state index in [0.29, 0.717) is 0 Å². The van der Waals surface area contributed by atoms with Crippen molar-refractivity contribution in [2.75, 3.05) is 0 Å². The second-order valence-corrected chi connectivity index (χ2v) is 2.55. The van der Waals surface area contributed by atoms with E-state index in [9.17, 15) is 0 Å². The molecular formula is C6H13N2-. The smallest absolute Gasteiger partial charge is 0.0123 e. The van der Waals surface area contributed by atoms with Gasteiger partial charge < -0.3 is 11.5 Å². The van der Waals surface area contributed by atoms with E-state index in [1.165, 1.54) is 12.8 Å². The van der Waals surface area contributed by atoms with Crippen molar-refractivity contribution in [3.8, 4) is 0 Å². The van der Waals surface area contributed by atoms with E-state index in [0.717, 1.165) is 12.8 Å². The van der Waals surface area contributed by atoms with Gasteiger partial charge in [0.25, 0.3) is 0 Å². The van der Waals surface area contributed by atoms with Gasteiger partial charge in [-0.1, -0.05) is 19.3 Å². The second kappa shape index (κ2) is 2.46. The first-order chi connectivity index (χ1) is 3.80. The van der Waals surface area contributed by atoms with Crippen LogP contribution in [0.4, 0.5) is 0 Å². The topological polar surface area (TPSA) is 49.8 Å². The Kier molecular flexibility index (Phi) is 1.86. The van der Waals surface area contributed by atoms with Crippen molar-refractivity contribution in [1.29, 1.82) is 0 Å². The zero-order valence-electron chi connectivity index (χ0n) is 5.06. The largest absolute Gasteiger partial charge is 0.673 e. The lowest BCUT2D eigenvalue weighted by molar-refractivity contribution is 0.422. The fourth-order valence-corrected chi connectivity index (χ4v) is 1.16. The molecule has 1 saturated carbocycles. The van der Waals surface area contributed by atoms with Crippen molar-refractivity contribution in [3.05, 3.63) is 5.73 Å².